The van der Waals surface area contributed by atoms with Crippen LogP contribution in [0.15, 0.2) is 54.6 Å². The van der Waals surface area contributed by atoms with Gasteiger partial charge < -0.3 is 4.90 Å². The zero-order valence-electron chi connectivity index (χ0n) is 15.2. The first-order chi connectivity index (χ1) is 12.1. The number of rotatable bonds is 7. The summed E-state index contributed by atoms with van der Waals surface area (Å²) in [6, 6.07) is 21.7. The molecule has 1 fully saturated rings. The van der Waals surface area contributed by atoms with E-state index in [0.717, 1.165) is 19.0 Å². The smallest absolute Gasteiger partial charge is 0.0587 e. The minimum atomic E-state index is 0.713. The van der Waals surface area contributed by atoms with Crippen LogP contribution in [0.3, 0.4) is 0 Å². The van der Waals surface area contributed by atoms with Crippen LogP contribution in [0.5, 0.6) is 0 Å². The lowest BCUT2D eigenvalue weighted by molar-refractivity contribution is 0.322. The molecule has 0 aliphatic heterocycles. The highest BCUT2D eigenvalue weighted by Crippen LogP contribution is 2.46. The fourth-order valence-electron chi connectivity index (χ4n) is 2.97. The van der Waals surface area contributed by atoms with E-state index in [-0.39, 0.29) is 0 Å². The summed E-state index contributed by atoms with van der Waals surface area (Å²) in [5, 5.41) is 7.32. The van der Waals surface area contributed by atoms with Gasteiger partial charge in [-0.3, -0.25) is 0 Å². The second-order valence-electron chi connectivity index (χ2n) is 6.65. The van der Waals surface area contributed by atoms with Crippen LogP contribution in [0.4, 0.5) is 0 Å². The van der Waals surface area contributed by atoms with Gasteiger partial charge in [0.05, 0.1) is 6.07 Å². The number of alkyl halides is 1. The number of benzene rings is 2. The van der Waals surface area contributed by atoms with E-state index in [0.29, 0.717) is 4.83 Å². The molecule has 0 heterocycles. The lowest BCUT2D eigenvalue weighted by Gasteiger charge is -2.16. The van der Waals surface area contributed by atoms with Gasteiger partial charge in [0.2, 0.25) is 0 Å². The van der Waals surface area contributed by atoms with E-state index in [9.17, 15) is 0 Å². The van der Waals surface area contributed by atoms with Crippen molar-refractivity contribution in [1.82, 2.24) is 4.90 Å². The monoisotopic (exact) mass is 398 g/mol. The van der Waals surface area contributed by atoms with Crippen molar-refractivity contribution in [3.8, 4) is 6.07 Å². The van der Waals surface area contributed by atoms with Crippen molar-refractivity contribution in [3.05, 3.63) is 71.3 Å². The first-order valence-corrected chi connectivity index (χ1v) is 9.81. The number of hydrogen-bond acceptors (Lipinski definition) is 2. The molecule has 3 heteroatoms. The topological polar surface area (TPSA) is 27.0 Å². The Morgan fingerprint density at radius 2 is 1.68 bits per heavy atom. The highest BCUT2D eigenvalue weighted by Gasteiger charge is 2.35. The molecule has 1 saturated carbocycles. The normalized spacial score (nSPS) is 18.2. The van der Waals surface area contributed by atoms with Gasteiger partial charge in [-0.1, -0.05) is 70.5 Å². The van der Waals surface area contributed by atoms with Gasteiger partial charge in [0.1, 0.15) is 0 Å². The average molecular weight is 399 g/mol. The molecule has 2 aromatic carbocycles. The van der Waals surface area contributed by atoms with Gasteiger partial charge in [-0.25, -0.2) is 0 Å². The van der Waals surface area contributed by atoms with Gasteiger partial charge in [-0.15, -0.1) is 0 Å². The second kappa shape index (κ2) is 10.4. The molecule has 0 aromatic heterocycles. The van der Waals surface area contributed by atoms with Crippen molar-refractivity contribution >= 4 is 15.9 Å². The molecule has 2 atom stereocenters. The Kier molecular flexibility index (Phi) is 8.18. The molecule has 0 spiro atoms. The van der Waals surface area contributed by atoms with Crippen LogP contribution in [0.2, 0.25) is 0 Å². The Labute approximate surface area is 160 Å². The predicted octanol–water partition coefficient (Wildman–Crippen LogP) is 5.53. The first kappa shape index (κ1) is 19.7. The third kappa shape index (κ3) is 7.02. The van der Waals surface area contributed by atoms with Crippen LogP contribution >= 0.6 is 15.9 Å². The zero-order chi connectivity index (χ0) is 18.1. The summed E-state index contributed by atoms with van der Waals surface area (Å²) in [7, 11) is 2.21. The molecule has 0 radical (unpaired) electrons. The standard InChI is InChI=1S/C20H24BrN.C2H3N/c1-22(15-17-6-3-2-4-7-17)13-5-8-16-9-11-18(12-10-16)19-14-20(19)21;1-2-3/h2-4,6-7,9-12,19-20H,5,8,13-15H2,1H3;1H3. The molecule has 0 N–H and O–H groups in total. The molecular formula is C22H27BrN2. The minimum absolute atomic E-state index is 0.713. The molecule has 0 saturated heterocycles. The van der Waals surface area contributed by atoms with Gasteiger partial charge in [0.25, 0.3) is 0 Å². The van der Waals surface area contributed by atoms with E-state index in [2.05, 4.69) is 82.5 Å². The Balaban J connectivity index is 0.000000701. The van der Waals surface area contributed by atoms with Crippen molar-refractivity contribution in [2.75, 3.05) is 13.6 Å². The molecule has 0 amide bonds. The molecule has 25 heavy (non-hydrogen) atoms. The Bertz CT molecular complexity index is 661. The number of halogens is 1. The van der Waals surface area contributed by atoms with Crippen LogP contribution in [-0.4, -0.2) is 23.3 Å². The van der Waals surface area contributed by atoms with Crippen molar-refractivity contribution in [1.29, 1.82) is 5.26 Å². The Morgan fingerprint density at radius 1 is 1.08 bits per heavy atom. The summed E-state index contributed by atoms with van der Waals surface area (Å²) in [6.45, 7) is 3.61. The van der Waals surface area contributed by atoms with Crippen LogP contribution < -0.4 is 0 Å². The summed E-state index contributed by atoms with van der Waals surface area (Å²) in [6.07, 6.45) is 3.68. The van der Waals surface area contributed by atoms with E-state index in [1.165, 1.54) is 42.9 Å². The highest BCUT2D eigenvalue weighted by molar-refractivity contribution is 9.09. The number of nitriles is 1. The summed E-state index contributed by atoms with van der Waals surface area (Å²) in [4.78, 5) is 3.12. The van der Waals surface area contributed by atoms with E-state index >= 15 is 0 Å². The van der Waals surface area contributed by atoms with Gasteiger partial charge in [-0.05, 0) is 55.5 Å². The molecule has 2 unspecified atom stereocenters. The quantitative estimate of drug-likeness (QED) is 0.573. The van der Waals surface area contributed by atoms with Crippen LogP contribution in [0.25, 0.3) is 0 Å². The van der Waals surface area contributed by atoms with Crippen molar-refractivity contribution in [2.45, 2.75) is 43.5 Å². The second-order valence-corrected chi connectivity index (χ2v) is 7.83. The van der Waals surface area contributed by atoms with Crippen molar-refractivity contribution < 1.29 is 0 Å². The van der Waals surface area contributed by atoms with Crippen molar-refractivity contribution in [3.63, 3.8) is 0 Å². The number of hydrogen-bond donors (Lipinski definition) is 0. The molecule has 2 nitrogen and oxygen atoms in total. The van der Waals surface area contributed by atoms with Crippen LogP contribution in [-0.2, 0) is 13.0 Å². The average Bonchev–Trinajstić information content (AvgIpc) is 3.34. The molecule has 3 rings (SSSR count). The molecule has 0 bridgehead atoms. The predicted molar refractivity (Wildman–Crippen MR) is 109 cm³/mol. The van der Waals surface area contributed by atoms with Gasteiger partial charge in [-0.2, -0.15) is 5.26 Å². The summed E-state index contributed by atoms with van der Waals surface area (Å²) >= 11 is 3.68. The summed E-state index contributed by atoms with van der Waals surface area (Å²) in [5.41, 5.74) is 4.35. The molecule has 1 aliphatic rings. The van der Waals surface area contributed by atoms with Gasteiger partial charge in [0.15, 0.2) is 0 Å². The molecular weight excluding hydrogens is 372 g/mol. The van der Waals surface area contributed by atoms with Crippen LogP contribution in [0, 0.1) is 11.3 Å². The number of aryl methyl sites for hydroxylation is 1. The minimum Gasteiger partial charge on any atom is -0.302 e. The van der Waals surface area contributed by atoms with Crippen LogP contribution in [0.1, 0.15) is 42.4 Å². The van der Waals surface area contributed by atoms with E-state index < -0.39 is 0 Å². The lowest BCUT2D eigenvalue weighted by Crippen LogP contribution is -2.19. The fraction of sp³-hybridized carbons (Fsp3) is 0.409. The third-order valence-electron chi connectivity index (χ3n) is 4.42. The number of nitrogens with zero attached hydrogens (tertiary/aromatic N) is 2. The van der Waals surface area contributed by atoms with E-state index in [1.807, 2.05) is 0 Å². The summed E-state index contributed by atoms with van der Waals surface area (Å²) in [5.74, 6) is 0.756. The summed E-state index contributed by atoms with van der Waals surface area (Å²) < 4.78 is 0. The largest absolute Gasteiger partial charge is 0.302 e. The Hall–Kier alpha value is -1.63. The third-order valence-corrected chi connectivity index (χ3v) is 5.43. The SMILES string of the molecule is CC#N.CN(CCCc1ccc(C2CC2Br)cc1)Cc1ccccc1. The fourth-order valence-corrected chi connectivity index (χ4v) is 3.68. The maximum atomic E-state index is 7.32. The maximum absolute atomic E-state index is 7.32. The van der Waals surface area contributed by atoms with Gasteiger partial charge in [0, 0.05) is 18.3 Å². The Morgan fingerprint density at radius 3 is 2.24 bits per heavy atom. The molecule has 2 aromatic rings. The first-order valence-electron chi connectivity index (χ1n) is 8.90. The lowest BCUT2D eigenvalue weighted by atomic mass is 10.0. The van der Waals surface area contributed by atoms with E-state index in [4.69, 9.17) is 5.26 Å². The van der Waals surface area contributed by atoms with E-state index in [1.54, 1.807) is 6.07 Å². The highest BCUT2D eigenvalue weighted by atomic mass is 79.9. The zero-order valence-corrected chi connectivity index (χ0v) is 16.7. The maximum Gasteiger partial charge on any atom is 0.0587 e. The van der Waals surface area contributed by atoms with Gasteiger partial charge >= 0.3 is 0 Å². The molecule has 132 valence electrons. The van der Waals surface area contributed by atoms with Crippen molar-refractivity contribution in [2.24, 2.45) is 0 Å². The molecule has 1 aliphatic carbocycles.